The second-order valence-electron chi connectivity index (χ2n) is 3.49. The van der Waals surface area contributed by atoms with Gasteiger partial charge in [0.25, 0.3) is 0 Å². The van der Waals surface area contributed by atoms with Crippen molar-refractivity contribution in [2.24, 2.45) is 0 Å². The maximum absolute atomic E-state index is 10.9. The fourth-order valence-corrected chi connectivity index (χ4v) is 1.43. The topological polar surface area (TPSA) is 82.5 Å². The molecule has 1 amide bonds. The molecule has 1 fully saturated rings. The van der Waals surface area contributed by atoms with Crippen LogP contribution in [-0.4, -0.2) is 28.5 Å². The van der Waals surface area contributed by atoms with Gasteiger partial charge in [0, 0.05) is 19.0 Å². The predicted octanol–water partition coefficient (Wildman–Crippen LogP) is 1.46. The van der Waals surface area contributed by atoms with Crippen molar-refractivity contribution in [2.45, 2.75) is 19.8 Å². The number of halogens is 1. The van der Waals surface area contributed by atoms with Gasteiger partial charge in [-0.15, -0.1) is 0 Å². The molecule has 1 aliphatic heterocycles. The van der Waals surface area contributed by atoms with Gasteiger partial charge in [0.2, 0.25) is 5.91 Å². The summed E-state index contributed by atoms with van der Waals surface area (Å²) in [4.78, 5) is 24.4. The van der Waals surface area contributed by atoms with Crippen molar-refractivity contribution in [1.29, 1.82) is 0 Å². The molecule has 98 valence electrons. The lowest BCUT2D eigenvalue weighted by Gasteiger charge is -2.16. The third kappa shape index (κ3) is 4.21. The summed E-state index contributed by atoms with van der Waals surface area (Å²) in [6.07, 6.45) is 2.36. The van der Waals surface area contributed by atoms with Crippen molar-refractivity contribution < 1.29 is 14.7 Å². The lowest BCUT2D eigenvalue weighted by molar-refractivity contribution is -0.136. The second kappa shape index (κ2) is 6.80. The first kappa shape index (κ1) is 14.2. The summed E-state index contributed by atoms with van der Waals surface area (Å²) < 4.78 is 0. The van der Waals surface area contributed by atoms with E-state index in [2.05, 4.69) is 10.4 Å². The average Bonchev–Trinajstić information content (AvgIpc) is 2.77. The minimum absolute atomic E-state index is 0.00159. The van der Waals surface area contributed by atoms with Crippen molar-refractivity contribution >= 4 is 29.3 Å². The Labute approximate surface area is 110 Å². The highest BCUT2D eigenvalue weighted by Crippen LogP contribution is 2.22. The number of amides is 1. The number of rotatable bonds is 2. The number of carbonyl (C=O) groups is 2. The van der Waals surface area contributed by atoms with E-state index in [0.29, 0.717) is 23.8 Å². The van der Waals surface area contributed by atoms with Gasteiger partial charge in [-0.3, -0.25) is 20.0 Å². The first-order valence-electron chi connectivity index (χ1n) is 5.44. The number of carbonyl (C=O) groups excluding carboxylic acids is 1. The van der Waals surface area contributed by atoms with Gasteiger partial charge < -0.3 is 5.11 Å². The molecule has 1 aliphatic rings. The van der Waals surface area contributed by atoms with E-state index in [4.69, 9.17) is 16.7 Å². The van der Waals surface area contributed by atoms with E-state index in [9.17, 15) is 9.59 Å². The Morgan fingerprint density at radius 3 is 2.78 bits per heavy atom. The van der Waals surface area contributed by atoms with Crippen LogP contribution in [0.15, 0.2) is 18.3 Å². The number of anilines is 1. The van der Waals surface area contributed by atoms with Crippen LogP contribution in [0.4, 0.5) is 5.82 Å². The third-order valence-corrected chi connectivity index (χ3v) is 2.41. The summed E-state index contributed by atoms with van der Waals surface area (Å²) in [5.74, 6) is -0.137. The van der Waals surface area contributed by atoms with Gasteiger partial charge in [0.1, 0.15) is 0 Å². The fraction of sp³-hybridized carbons (Fsp3) is 0.364. The Morgan fingerprint density at radius 1 is 1.67 bits per heavy atom. The molecule has 2 rings (SSSR count). The van der Waals surface area contributed by atoms with Crippen LogP contribution in [0.2, 0.25) is 5.02 Å². The van der Waals surface area contributed by atoms with Crippen LogP contribution in [0.5, 0.6) is 0 Å². The Hall–Kier alpha value is -1.82. The van der Waals surface area contributed by atoms with Crippen LogP contribution in [0.1, 0.15) is 19.8 Å². The highest BCUT2D eigenvalue weighted by atomic mass is 35.5. The number of hydrogen-bond donors (Lipinski definition) is 2. The molecular weight excluding hydrogens is 258 g/mol. The van der Waals surface area contributed by atoms with Gasteiger partial charge in [-0.05, 0) is 12.1 Å². The molecule has 0 radical (unpaired) electrons. The molecule has 6 nitrogen and oxygen atoms in total. The van der Waals surface area contributed by atoms with Crippen LogP contribution in [-0.2, 0) is 9.59 Å². The molecular formula is C11H14ClN3O3. The smallest absolute Gasteiger partial charge is 0.303 e. The quantitative estimate of drug-likeness (QED) is 0.851. The number of aromatic nitrogens is 1. The summed E-state index contributed by atoms with van der Waals surface area (Å²) >= 11 is 5.90. The Morgan fingerprint density at radius 2 is 2.33 bits per heavy atom. The van der Waals surface area contributed by atoms with Gasteiger partial charge >= 0.3 is 5.97 Å². The van der Waals surface area contributed by atoms with E-state index in [0.717, 1.165) is 0 Å². The van der Waals surface area contributed by atoms with Crippen LogP contribution in [0.3, 0.4) is 0 Å². The van der Waals surface area contributed by atoms with Gasteiger partial charge in [-0.25, -0.2) is 4.98 Å². The summed E-state index contributed by atoms with van der Waals surface area (Å²) in [7, 11) is 0. The summed E-state index contributed by atoms with van der Waals surface area (Å²) in [5.41, 5.74) is 2.66. The largest absolute Gasteiger partial charge is 0.481 e. The molecule has 7 heteroatoms. The second-order valence-corrected chi connectivity index (χ2v) is 3.90. The first-order chi connectivity index (χ1) is 8.54. The van der Waals surface area contributed by atoms with Crippen LogP contribution < -0.4 is 10.4 Å². The molecule has 18 heavy (non-hydrogen) atoms. The van der Waals surface area contributed by atoms with Crippen LogP contribution >= 0.6 is 11.6 Å². The van der Waals surface area contributed by atoms with Crippen molar-refractivity contribution in [3.05, 3.63) is 23.4 Å². The maximum atomic E-state index is 10.9. The maximum Gasteiger partial charge on any atom is 0.303 e. The summed E-state index contributed by atoms with van der Waals surface area (Å²) in [6, 6.07) is 3.50. The SMILES string of the molecule is CCC(=O)O.O=C1CCN(c2ncccc2Cl)N1. The summed E-state index contributed by atoms with van der Waals surface area (Å²) in [6.45, 7) is 2.22. The van der Waals surface area contributed by atoms with Crippen molar-refractivity contribution in [3.63, 3.8) is 0 Å². The molecule has 1 saturated heterocycles. The highest BCUT2D eigenvalue weighted by molar-refractivity contribution is 6.32. The molecule has 0 aromatic carbocycles. The number of nitrogens with one attached hydrogen (secondary N) is 1. The van der Waals surface area contributed by atoms with Crippen molar-refractivity contribution in [1.82, 2.24) is 10.4 Å². The van der Waals surface area contributed by atoms with Crippen LogP contribution in [0, 0.1) is 0 Å². The number of hydrazine groups is 1. The molecule has 2 N–H and O–H groups in total. The number of carboxylic acids is 1. The normalized spacial score (nSPS) is 13.7. The zero-order valence-corrected chi connectivity index (χ0v) is 10.6. The first-order valence-corrected chi connectivity index (χ1v) is 5.81. The molecule has 1 aromatic heterocycles. The van der Waals surface area contributed by atoms with E-state index >= 15 is 0 Å². The third-order valence-electron chi connectivity index (χ3n) is 2.12. The van der Waals surface area contributed by atoms with Crippen molar-refractivity contribution in [2.75, 3.05) is 11.6 Å². The summed E-state index contributed by atoms with van der Waals surface area (Å²) in [5, 5.41) is 9.93. The lowest BCUT2D eigenvalue weighted by Crippen LogP contribution is -2.33. The molecule has 0 saturated carbocycles. The Bertz CT molecular complexity index is 439. The number of aliphatic carboxylic acids is 1. The molecule has 0 atom stereocenters. The van der Waals surface area contributed by atoms with Gasteiger partial charge in [-0.1, -0.05) is 18.5 Å². The lowest BCUT2D eigenvalue weighted by atomic mass is 10.4. The minimum atomic E-state index is -0.745. The van der Waals surface area contributed by atoms with Gasteiger partial charge in [0.15, 0.2) is 5.82 Å². The van der Waals surface area contributed by atoms with Crippen molar-refractivity contribution in [3.8, 4) is 0 Å². The Balaban J connectivity index is 0.000000280. The van der Waals surface area contributed by atoms with E-state index in [1.165, 1.54) is 0 Å². The number of hydrogen-bond acceptors (Lipinski definition) is 4. The predicted molar refractivity (Wildman–Crippen MR) is 67.3 cm³/mol. The molecule has 1 aromatic rings. The molecule has 0 unspecified atom stereocenters. The van der Waals surface area contributed by atoms with Crippen LogP contribution in [0.25, 0.3) is 0 Å². The molecule has 2 heterocycles. The zero-order valence-electron chi connectivity index (χ0n) is 9.89. The van der Waals surface area contributed by atoms with Gasteiger partial charge in [0.05, 0.1) is 11.6 Å². The Kier molecular flexibility index (Phi) is 5.38. The molecule has 0 spiro atoms. The molecule has 0 bridgehead atoms. The number of pyridine rings is 1. The van der Waals surface area contributed by atoms with E-state index in [-0.39, 0.29) is 12.3 Å². The average molecular weight is 272 g/mol. The fourth-order valence-electron chi connectivity index (χ4n) is 1.21. The van der Waals surface area contributed by atoms with E-state index in [1.54, 1.807) is 30.3 Å². The van der Waals surface area contributed by atoms with Gasteiger partial charge in [-0.2, -0.15) is 0 Å². The minimum Gasteiger partial charge on any atom is -0.481 e. The zero-order chi connectivity index (χ0) is 13.5. The monoisotopic (exact) mass is 271 g/mol. The van der Waals surface area contributed by atoms with E-state index < -0.39 is 5.97 Å². The highest BCUT2D eigenvalue weighted by Gasteiger charge is 2.20. The van der Waals surface area contributed by atoms with E-state index in [1.807, 2.05) is 0 Å². The number of carboxylic acid groups (broad SMARTS) is 1. The standard InChI is InChI=1S/C8H8ClN3O.C3H6O2/c9-6-2-1-4-10-8(6)12-5-3-7(13)11-12;1-2-3(4)5/h1-2,4H,3,5H2,(H,11,13);2H2,1H3,(H,4,5). The number of nitrogens with zero attached hydrogens (tertiary/aromatic N) is 2. The molecule has 0 aliphatic carbocycles.